The molecule has 1 aliphatic heterocycles. The van der Waals surface area contributed by atoms with Crippen LogP contribution in [0, 0.1) is 11.8 Å². The molecule has 1 aliphatic rings. The van der Waals surface area contributed by atoms with Crippen LogP contribution >= 0.6 is 0 Å². The van der Waals surface area contributed by atoms with E-state index < -0.39 is 0 Å². The molecule has 2 rings (SSSR count). The Kier molecular flexibility index (Phi) is 3.34. The molecule has 1 heterocycles. The number of methoxy groups -OCH3 is 1. The third kappa shape index (κ3) is 2.30. The third-order valence-electron chi connectivity index (χ3n) is 3.41. The van der Waals surface area contributed by atoms with Gasteiger partial charge in [0.15, 0.2) is 0 Å². The Morgan fingerprint density at radius 1 is 1.31 bits per heavy atom. The highest BCUT2D eigenvalue weighted by molar-refractivity contribution is 5.53. The number of ether oxygens (including phenoxy) is 1. The molecule has 1 aromatic rings. The molecule has 3 heteroatoms. The van der Waals surface area contributed by atoms with Crippen LogP contribution in [0.4, 0.5) is 11.4 Å². The van der Waals surface area contributed by atoms with Crippen LogP contribution < -0.4 is 10.6 Å². The standard InChI is InChI=1S/C13H20N2O/c1-10-7-15(8-11(10)9-16-2)13-5-3-12(14)4-6-13/h3-6,10-11H,7-9,14H2,1-2H3/t10-,11-/m1/s1. The smallest absolute Gasteiger partial charge is 0.0510 e. The van der Waals surface area contributed by atoms with Crippen LogP contribution in [-0.4, -0.2) is 26.8 Å². The van der Waals surface area contributed by atoms with Gasteiger partial charge in [-0.05, 0) is 30.2 Å². The Hall–Kier alpha value is -1.22. The number of benzene rings is 1. The molecular formula is C13H20N2O. The Bertz CT molecular complexity index is 336. The van der Waals surface area contributed by atoms with Crippen molar-refractivity contribution in [2.75, 3.05) is 37.4 Å². The molecule has 0 radical (unpaired) electrons. The summed E-state index contributed by atoms with van der Waals surface area (Å²) in [6, 6.07) is 8.11. The fraction of sp³-hybridized carbons (Fsp3) is 0.538. The lowest BCUT2D eigenvalue weighted by Gasteiger charge is -2.18. The first-order valence-electron chi connectivity index (χ1n) is 5.80. The summed E-state index contributed by atoms with van der Waals surface area (Å²) in [4.78, 5) is 2.41. The summed E-state index contributed by atoms with van der Waals surface area (Å²) in [6.45, 7) is 5.34. The Labute approximate surface area is 97.2 Å². The molecule has 0 saturated carbocycles. The summed E-state index contributed by atoms with van der Waals surface area (Å²) < 4.78 is 5.25. The van der Waals surface area contributed by atoms with Crippen molar-refractivity contribution in [3.8, 4) is 0 Å². The second-order valence-corrected chi connectivity index (χ2v) is 4.69. The first-order chi connectivity index (χ1) is 7.70. The van der Waals surface area contributed by atoms with E-state index in [-0.39, 0.29) is 0 Å². The third-order valence-corrected chi connectivity index (χ3v) is 3.41. The molecule has 88 valence electrons. The van der Waals surface area contributed by atoms with Gasteiger partial charge >= 0.3 is 0 Å². The molecule has 0 bridgehead atoms. The molecule has 0 amide bonds. The topological polar surface area (TPSA) is 38.5 Å². The zero-order chi connectivity index (χ0) is 11.5. The van der Waals surface area contributed by atoms with Gasteiger partial charge in [-0.3, -0.25) is 0 Å². The first-order valence-corrected chi connectivity index (χ1v) is 5.80. The molecule has 0 spiro atoms. The van der Waals surface area contributed by atoms with Crippen molar-refractivity contribution in [3.05, 3.63) is 24.3 Å². The number of hydrogen-bond acceptors (Lipinski definition) is 3. The van der Waals surface area contributed by atoms with E-state index in [2.05, 4.69) is 24.0 Å². The van der Waals surface area contributed by atoms with Gasteiger partial charge in [0.1, 0.15) is 0 Å². The van der Waals surface area contributed by atoms with Gasteiger partial charge in [0.2, 0.25) is 0 Å². The maximum Gasteiger partial charge on any atom is 0.0510 e. The van der Waals surface area contributed by atoms with E-state index in [1.807, 2.05) is 12.1 Å². The number of rotatable bonds is 3. The summed E-state index contributed by atoms with van der Waals surface area (Å²) in [5.41, 5.74) is 7.78. The van der Waals surface area contributed by atoms with Gasteiger partial charge in [-0.25, -0.2) is 0 Å². The molecule has 1 saturated heterocycles. The second kappa shape index (κ2) is 4.74. The van der Waals surface area contributed by atoms with Crippen molar-refractivity contribution < 1.29 is 4.74 Å². The summed E-state index contributed by atoms with van der Waals surface area (Å²) in [5.74, 6) is 1.33. The SMILES string of the molecule is COC[C@H]1CN(c2ccc(N)cc2)C[C@H]1C. The molecule has 0 unspecified atom stereocenters. The molecule has 2 N–H and O–H groups in total. The van der Waals surface area contributed by atoms with Crippen molar-refractivity contribution in [1.29, 1.82) is 0 Å². The predicted octanol–water partition coefficient (Wildman–Crippen LogP) is 1.99. The molecule has 0 aromatic heterocycles. The average molecular weight is 220 g/mol. The van der Waals surface area contributed by atoms with Crippen molar-refractivity contribution >= 4 is 11.4 Å². The monoisotopic (exact) mass is 220 g/mol. The Morgan fingerprint density at radius 2 is 2.00 bits per heavy atom. The van der Waals surface area contributed by atoms with Crippen LogP contribution in [0.3, 0.4) is 0 Å². The number of anilines is 2. The van der Waals surface area contributed by atoms with Crippen LogP contribution in [0.5, 0.6) is 0 Å². The van der Waals surface area contributed by atoms with E-state index in [4.69, 9.17) is 10.5 Å². The Balaban J connectivity index is 2.04. The maximum atomic E-state index is 5.69. The van der Waals surface area contributed by atoms with Gasteiger partial charge in [-0.15, -0.1) is 0 Å². The highest BCUT2D eigenvalue weighted by Gasteiger charge is 2.29. The van der Waals surface area contributed by atoms with Crippen molar-refractivity contribution in [3.63, 3.8) is 0 Å². The minimum atomic E-state index is 0.641. The molecular weight excluding hydrogens is 200 g/mol. The van der Waals surface area contributed by atoms with Crippen molar-refractivity contribution in [2.45, 2.75) is 6.92 Å². The minimum absolute atomic E-state index is 0.641. The number of nitrogens with two attached hydrogens (primary N) is 1. The molecule has 2 atom stereocenters. The maximum absolute atomic E-state index is 5.69. The van der Waals surface area contributed by atoms with E-state index in [9.17, 15) is 0 Å². The highest BCUT2D eigenvalue weighted by Crippen LogP contribution is 2.28. The summed E-state index contributed by atoms with van der Waals surface area (Å²) in [6.07, 6.45) is 0. The van der Waals surface area contributed by atoms with Crippen LogP contribution in [0.1, 0.15) is 6.92 Å². The zero-order valence-electron chi connectivity index (χ0n) is 10.0. The fourth-order valence-electron chi connectivity index (χ4n) is 2.36. The Morgan fingerprint density at radius 3 is 2.62 bits per heavy atom. The zero-order valence-corrected chi connectivity index (χ0v) is 10.0. The van der Waals surface area contributed by atoms with Crippen LogP contribution in [0.2, 0.25) is 0 Å². The molecule has 0 aliphatic carbocycles. The van der Waals surface area contributed by atoms with Crippen LogP contribution in [0.25, 0.3) is 0 Å². The van der Waals surface area contributed by atoms with Gasteiger partial charge in [0.25, 0.3) is 0 Å². The van der Waals surface area contributed by atoms with E-state index >= 15 is 0 Å². The number of nitrogen functional groups attached to an aromatic ring is 1. The quantitative estimate of drug-likeness (QED) is 0.792. The van der Waals surface area contributed by atoms with Gasteiger partial charge < -0.3 is 15.4 Å². The minimum Gasteiger partial charge on any atom is -0.399 e. The molecule has 1 fully saturated rings. The van der Waals surface area contributed by atoms with E-state index in [1.165, 1.54) is 5.69 Å². The van der Waals surface area contributed by atoms with Crippen molar-refractivity contribution in [1.82, 2.24) is 0 Å². The molecule has 3 nitrogen and oxygen atoms in total. The molecule has 16 heavy (non-hydrogen) atoms. The average Bonchev–Trinajstić information content (AvgIpc) is 2.62. The summed E-state index contributed by atoms with van der Waals surface area (Å²) in [5, 5.41) is 0. The summed E-state index contributed by atoms with van der Waals surface area (Å²) >= 11 is 0. The van der Waals surface area contributed by atoms with Crippen LogP contribution in [-0.2, 0) is 4.74 Å². The predicted molar refractivity (Wildman–Crippen MR) is 67.6 cm³/mol. The highest BCUT2D eigenvalue weighted by atomic mass is 16.5. The van der Waals surface area contributed by atoms with E-state index in [0.29, 0.717) is 11.8 Å². The lowest BCUT2D eigenvalue weighted by molar-refractivity contribution is 0.144. The number of hydrogen-bond donors (Lipinski definition) is 1. The second-order valence-electron chi connectivity index (χ2n) is 4.69. The van der Waals surface area contributed by atoms with E-state index in [1.54, 1.807) is 7.11 Å². The van der Waals surface area contributed by atoms with E-state index in [0.717, 1.165) is 25.4 Å². The van der Waals surface area contributed by atoms with Gasteiger partial charge in [-0.1, -0.05) is 6.92 Å². The number of nitrogens with zero attached hydrogens (tertiary/aromatic N) is 1. The van der Waals surface area contributed by atoms with Gasteiger partial charge in [0.05, 0.1) is 6.61 Å². The van der Waals surface area contributed by atoms with Crippen molar-refractivity contribution in [2.24, 2.45) is 11.8 Å². The lowest BCUT2D eigenvalue weighted by atomic mass is 10.00. The van der Waals surface area contributed by atoms with Gasteiger partial charge in [0, 0.05) is 37.5 Å². The first kappa shape index (κ1) is 11.3. The largest absolute Gasteiger partial charge is 0.399 e. The molecule has 1 aromatic carbocycles. The normalized spacial score (nSPS) is 25.0. The fourth-order valence-corrected chi connectivity index (χ4v) is 2.36. The van der Waals surface area contributed by atoms with Gasteiger partial charge in [-0.2, -0.15) is 0 Å². The lowest BCUT2D eigenvalue weighted by Crippen LogP contribution is -2.20. The van der Waals surface area contributed by atoms with Crippen LogP contribution in [0.15, 0.2) is 24.3 Å². The summed E-state index contributed by atoms with van der Waals surface area (Å²) in [7, 11) is 1.78.